The van der Waals surface area contributed by atoms with Crippen LogP contribution >= 0.6 is 0 Å². The maximum absolute atomic E-state index is 12.8. The fourth-order valence-electron chi connectivity index (χ4n) is 3.11. The van der Waals surface area contributed by atoms with Gasteiger partial charge in [0.05, 0.1) is 25.5 Å². The Labute approximate surface area is 171 Å². The summed E-state index contributed by atoms with van der Waals surface area (Å²) in [4.78, 5) is 27.8. The van der Waals surface area contributed by atoms with Crippen LogP contribution in [0.1, 0.15) is 5.56 Å². The van der Waals surface area contributed by atoms with E-state index < -0.39 is 23.7 Å². The summed E-state index contributed by atoms with van der Waals surface area (Å²) >= 11 is 0. The maximum Gasteiger partial charge on any atom is 0.416 e. The number of hydrogen-bond acceptors (Lipinski definition) is 4. The van der Waals surface area contributed by atoms with Gasteiger partial charge in [-0.2, -0.15) is 13.2 Å². The lowest BCUT2D eigenvalue weighted by molar-refractivity contribution is -0.137. The number of nitrogens with one attached hydrogen (secondary N) is 1. The molecule has 0 radical (unpaired) electrons. The Bertz CT molecular complexity index is 949. The Morgan fingerprint density at radius 2 is 1.87 bits per heavy atom. The fourth-order valence-corrected chi connectivity index (χ4v) is 3.11. The predicted octanol–water partition coefficient (Wildman–Crippen LogP) is 3.60. The number of halogens is 3. The molecule has 7 nitrogen and oxygen atoms in total. The van der Waals surface area contributed by atoms with Crippen molar-refractivity contribution >= 4 is 23.3 Å². The molecule has 1 aliphatic rings. The van der Waals surface area contributed by atoms with Gasteiger partial charge in [0.15, 0.2) is 0 Å². The topological polar surface area (TPSA) is 71.1 Å². The third-order valence-corrected chi connectivity index (χ3v) is 4.58. The molecule has 0 saturated carbocycles. The molecule has 2 aromatic rings. The minimum absolute atomic E-state index is 0.00721. The first-order valence-electron chi connectivity index (χ1n) is 8.98. The molecule has 0 bridgehead atoms. The summed E-state index contributed by atoms with van der Waals surface area (Å²) in [6.45, 7) is 0.298. The molecular weight excluding hydrogens is 403 g/mol. The third kappa shape index (κ3) is 4.58. The standard InChI is InChI=1S/C20H20F3N3O4/c1-29-15-6-7-17(30-2)16(11-15)26-9-8-25(19(26)28)12-18(27)24-14-5-3-4-13(10-14)20(21,22)23/h3-7,10-11H,8-9,12H2,1-2H3,(H,24,27). The molecule has 1 fully saturated rings. The van der Waals surface area contributed by atoms with Crippen LogP contribution in [-0.4, -0.2) is 50.7 Å². The normalized spacial score (nSPS) is 14.1. The second-order valence-electron chi connectivity index (χ2n) is 6.52. The molecule has 160 valence electrons. The first kappa shape index (κ1) is 21.3. The number of ether oxygens (including phenoxy) is 2. The number of urea groups is 1. The second kappa shape index (κ2) is 8.52. The van der Waals surface area contributed by atoms with Crippen molar-refractivity contribution < 1.29 is 32.2 Å². The molecule has 1 heterocycles. The van der Waals surface area contributed by atoms with Crippen molar-refractivity contribution in [2.45, 2.75) is 6.18 Å². The van der Waals surface area contributed by atoms with E-state index in [0.29, 0.717) is 23.7 Å². The number of rotatable bonds is 6. The Morgan fingerprint density at radius 1 is 1.10 bits per heavy atom. The first-order valence-corrected chi connectivity index (χ1v) is 8.98. The zero-order valence-electron chi connectivity index (χ0n) is 16.3. The number of amides is 3. The Morgan fingerprint density at radius 3 is 2.53 bits per heavy atom. The number of benzene rings is 2. The Kier molecular flexibility index (Phi) is 6.04. The summed E-state index contributed by atoms with van der Waals surface area (Å²) in [7, 11) is 2.98. The zero-order chi connectivity index (χ0) is 21.9. The number of anilines is 2. The zero-order valence-corrected chi connectivity index (χ0v) is 16.3. The molecule has 0 unspecified atom stereocenters. The summed E-state index contributed by atoms with van der Waals surface area (Å²) in [6, 6.07) is 8.93. The highest BCUT2D eigenvalue weighted by molar-refractivity contribution is 6.00. The molecule has 0 spiro atoms. The quantitative estimate of drug-likeness (QED) is 0.771. The van der Waals surface area contributed by atoms with Crippen LogP contribution < -0.4 is 19.7 Å². The van der Waals surface area contributed by atoms with Crippen LogP contribution in [0.5, 0.6) is 11.5 Å². The van der Waals surface area contributed by atoms with Gasteiger partial charge >= 0.3 is 12.2 Å². The SMILES string of the molecule is COc1ccc(OC)c(N2CCN(CC(=O)Nc3cccc(C(F)(F)F)c3)C2=O)c1. The van der Waals surface area contributed by atoms with Crippen molar-refractivity contribution in [3.63, 3.8) is 0 Å². The summed E-state index contributed by atoms with van der Waals surface area (Å²) in [5.41, 5.74) is -0.357. The highest BCUT2D eigenvalue weighted by atomic mass is 19.4. The monoisotopic (exact) mass is 423 g/mol. The van der Waals surface area contributed by atoms with E-state index in [1.807, 2.05) is 0 Å². The van der Waals surface area contributed by atoms with Crippen molar-refractivity contribution in [1.82, 2.24) is 4.90 Å². The summed E-state index contributed by atoms with van der Waals surface area (Å²) in [6.07, 6.45) is -4.51. The van der Waals surface area contributed by atoms with Crippen LogP contribution in [-0.2, 0) is 11.0 Å². The van der Waals surface area contributed by atoms with E-state index in [1.165, 1.54) is 36.2 Å². The molecule has 0 atom stereocenters. The largest absolute Gasteiger partial charge is 0.497 e. The minimum atomic E-state index is -4.51. The molecular formula is C20H20F3N3O4. The highest BCUT2D eigenvalue weighted by Gasteiger charge is 2.33. The van der Waals surface area contributed by atoms with E-state index in [1.54, 1.807) is 18.2 Å². The third-order valence-electron chi connectivity index (χ3n) is 4.58. The van der Waals surface area contributed by atoms with Gasteiger partial charge in [-0.3, -0.25) is 9.69 Å². The molecule has 1 aliphatic heterocycles. The van der Waals surface area contributed by atoms with Crippen molar-refractivity contribution in [3.8, 4) is 11.5 Å². The lowest BCUT2D eigenvalue weighted by Gasteiger charge is -2.21. The second-order valence-corrected chi connectivity index (χ2v) is 6.52. The van der Waals surface area contributed by atoms with Gasteiger partial charge in [0, 0.05) is 24.8 Å². The molecule has 30 heavy (non-hydrogen) atoms. The number of methoxy groups -OCH3 is 2. The Balaban J connectivity index is 1.68. The number of hydrogen-bond donors (Lipinski definition) is 1. The van der Waals surface area contributed by atoms with Crippen LogP contribution in [0.25, 0.3) is 0 Å². The van der Waals surface area contributed by atoms with E-state index in [0.717, 1.165) is 12.1 Å². The molecule has 0 aliphatic carbocycles. The lowest BCUT2D eigenvalue weighted by atomic mass is 10.2. The predicted molar refractivity (Wildman–Crippen MR) is 104 cm³/mol. The molecule has 3 rings (SSSR count). The van der Waals surface area contributed by atoms with E-state index in [2.05, 4.69) is 5.32 Å². The lowest BCUT2D eigenvalue weighted by Crippen LogP contribution is -2.37. The van der Waals surface area contributed by atoms with E-state index >= 15 is 0 Å². The van der Waals surface area contributed by atoms with Gasteiger partial charge < -0.3 is 19.7 Å². The van der Waals surface area contributed by atoms with Crippen molar-refractivity contribution in [2.24, 2.45) is 0 Å². The van der Waals surface area contributed by atoms with Crippen molar-refractivity contribution in [2.75, 3.05) is 44.1 Å². The molecule has 2 aromatic carbocycles. The molecule has 3 amide bonds. The van der Waals surface area contributed by atoms with Gasteiger partial charge in [0.1, 0.15) is 18.0 Å². The van der Waals surface area contributed by atoms with Crippen LogP contribution in [0.2, 0.25) is 0 Å². The van der Waals surface area contributed by atoms with Crippen LogP contribution in [0, 0.1) is 0 Å². The minimum Gasteiger partial charge on any atom is -0.497 e. The van der Waals surface area contributed by atoms with Crippen LogP contribution in [0.15, 0.2) is 42.5 Å². The average molecular weight is 423 g/mol. The van der Waals surface area contributed by atoms with Gasteiger partial charge in [-0.05, 0) is 30.3 Å². The van der Waals surface area contributed by atoms with Gasteiger partial charge in [0.2, 0.25) is 5.91 Å². The highest BCUT2D eigenvalue weighted by Crippen LogP contribution is 2.34. The maximum atomic E-state index is 12.8. The average Bonchev–Trinajstić information content (AvgIpc) is 3.07. The Hall–Kier alpha value is -3.43. The van der Waals surface area contributed by atoms with E-state index in [9.17, 15) is 22.8 Å². The van der Waals surface area contributed by atoms with E-state index in [-0.39, 0.29) is 18.8 Å². The number of carbonyl (C=O) groups excluding carboxylic acids is 2. The molecule has 0 aromatic heterocycles. The van der Waals surface area contributed by atoms with Crippen LogP contribution in [0.3, 0.4) is 0 Å². The van der Waals surface area contributed by atoms with Gasteiger partial charge in [-0.25, -0.2) is 4.79 Å². The van der Waals surface area contributed by atoms with Gasteiger partial charge in [-0.15, -0.1) is 0 Å². The summed E-state index contributed by atoms with van der Waals surface area (Å²) in [5.74, 6) is 0.417. The fraction of sp³-hybridized carbons (Fsp3) is 0.300. The van der Waals surface area contributed by atoms with E-state index in [4.69, 9.17) is 9.47 Å². The number of carbonyl (C=O) groups is 2. The number of nitrogens with zero attached hydrogens (tertiary/aromatic N) is 2. The number of alkyl halides is 3. The molecule has 1 saturated heterocycles. The summed E-state index contributed by atoms with van der Waals surface area (Å²) in [5, 5.41) is 2.40. The van der Waals surface area contributed by atoms with Gasteiger partial charge in [-0.1, -0.05) is 6.07 Å². The van der Waals surface area contributed by atoms with Gasteiger partial charge in [0.25, 0.3) is 0 Å². The van der Waals surface area contributed by atoms with Crippen LogP contribution in [0.4, 0.5) is 29.3 Å². The molecule has 10 heteroatoms. The molecule has 1 N–H and O–H groups in total. The smallest absolute Gasteiger partial charge is 0.416 e. The van der Waals surface area contributed by atoms with Crippen molar-refractivity contribution in [1.29, 1.82) is 0 Å². The first-order chi connectivity index (χ1) is 14.2. The summed E-state index contributed by atoms with van der Waals surface area (Å²) < 4.78 is 48.9. The van der Waals surface area contributed by atoms with Crippen molar-refractivity contribution in [3.05, 3.63) is 48.0 Å².